The third-order valence-electron chi connectivity index (χ3n) is 10.4. The van der Waals surface area contributed by atoms with E-state index in [0.29, 0.717) is 19.4 Å². The molecular weight excluding hydrogens is 705 g/mol. The molecule has 0 spiro atoms. The second kappa shape index (κ2) is 14.3. The molecule has 2 amide bonds. The first kappa shape index (κ1) is 34.0. The SMILES string of the molecule is CCCCCC1(CCCCC)O[C@@H]2[C@H]3ON(Cc4cccc(I)c4)[C@H]4C(=O)OC(CC34C(=O)N3CCC[C@@H]3C(=O)NCCO)[C@@H]2O1. The number of hydrogen-bond donors (Lipinski definition) is 2. The molecule has 4 heterocycles. The summed E-state index contributed by atoms with van der Waals surface area (Å²) in [5.41, 5.74) is -0.367. The molecule has 1 aromatic carbocycles. The number of ether oxygens (including phenoxy) is 3. The summed E-state index contributed by atoms with van der Waals surface area (Å²) in [5, 5.41) is 13.7. The van der Waals surface area contributed by atoms with Gasteiger partial charge in [0.25, 0.3) is 0 Å². The zero-order valence-electron chi connectivity index (χ0n) is 27.0. The summed E-state index contributed by atoms with van der Waals surface area (Å²) in [6.07, 6.45) is 6.37. The van der Waals surface area contributed by atoms with Crippen molar-refractivity contribution in [3.05, 3.63) is 33.4 Å². The number of nitrogens with zero attached hydrogens (tertiary/aromatic N) is 2. The first-order chi connectivity index (χ1) is 22.3. The Labute approximate surface area is 285 Å². The second-order valence-electron chi connectivity index (χ2n) is 13.5. The number of nitrogens with one attached hydrogen (secondary N) is 1. The Morgan fingerprint density at radius 2 is 1.83 bits per heavy atom. The van der Waals surface area contributed by atoms with E-state index in [2.05, 4.69) is 41.8 Å². The summed E-state index contributed by atoms with van der Waals surface area (Å²) < 4.78 is 21.0. The standard InChI is InChI=1S/C34H48IN3O8/c1-3-5-7-14-33(15-8-6-4-2)44-26-25-20-34(32(42)37-17-10-13-24(37)30(40)36-16-18-39)28(31(41)43-25)38(46-29(34)27(26)45-33)21-22-11-9-12-23(35)19-22/h9,11-12,19,24-29,39H,3-8,10,13-18,20-21H2,1-2H3,(H,36,40)/t24-,25?,26+,27+,28+,29-,34?/m1/s1. The molecule has 254 valence electrons. The van der Waals surface area contributed by atoms with Gasteiger partial charge in [-0.25, -0.2) is 0 Å². The monoisotopic (exact) mass is 753 g/mol. The van der Waals surface area contributed by atoms with E-state index in [0.717, 1.165) is 60.5 Å². The summed E-state index contributed by atoms with van der Waals surface area (Å²) in [6.45, 7) is 4.95. The fourth-order valence-corrected chi connectivity index (χ4v) is 8.95. The van der Waals surface area contributed by atoms with E-state index in [1.807, 2.05) is 24.3 Å². The lowest BCUT2D eigenvalue weighted by atomic mass is 9.62. The van der Waals surface area contributed by atoms with Crippen molar-refractivity contribution < 1.29 is 38.5 Å². The number of rotatable bonds is 14. The molecule has 11 nitrogen and oxygen atoms in total. The quantitative estimate of drug-likeness (QED) is 0.166. The van der Waals surface area contributed by atoms with Crippen LogP contribution in [0.25, 0.3) is 0 Å². The molecular formula is C34H48IN3O8. The van der Waals surface area contributed by atoms with Crippen LogP contribution in [-0.2, 0) is 40.0 Å². The minimum atomic E-state index is -1.31. The Balaban J connectivity index is 1.38. The van der Waals surface area contributed by atoms with Crippen molar-refractivity contribution in [1.29, 1.82) is 0 Å². The molecule has 2 bridgehead atoms. The number of aliphatic hydroxyl groups is 1. The van der Waals surface area contributed by atoms with Crippen LogP contribution in [0.2, 0.25) is 0 Å². The number of carbonyl (C=O) groups is 3. The number of hydroxylamine groups is 2. The third-order valence-corrected chi connectivity index (χ3v) is 11.1. The number of unbranched alkanes of at least 4 members (excludes halogenated alkanes) is 4. The molecule has 1 aliphatic carbocycles. The van der Waals surface area contributed by atoms with E-state index in [1.54, 1.807) is 9.96 Å². The largest absolute Gasteiger partial charge is 0.458 e. The molecule has 2 unspecified atom stereocenters. The van der Waals surface area contributed by atoms with Crippen molar-refractivity contribution in [2.45, 2.75) is 133 Å². The Morgan fingerprint density at radius 3 is 2.52 bits per heavy atom. The molecule has 1 aromatic rings. The molecule has 46 heavy (non-hydrogen) atoms. The lowest BCUT2D eigenvalue weighted by molar-refractivity contribution is -0.225. The first-order valence-corrected chi connectivity index (χ1v) is 18.3. The zero-order valence-corrected chi connectivity index (χ0v) is 29.1. The number of hydrogen-bond acceptors (Lipinski definition) is 9. The average molecular weight is 754 g/mol. The van der Waals surface area contributed by atoms with Gasteiger partial charge < -0.3 is 29.5 Å². The highest BCUT2D eigenvalue weighted by Crippen LogP contribution is 2.59. The molecule has 5 fully saturated rings. The number of benzene rings is 1. The topological polar surface area (TPSA) is 127 Å². The molecule has 7 atom stereocenters. The van der Waals surface area contributed by atoms with Crippen LogP contribution >= 0.6 is 22.6 Å². The smallest absolute Gasteiger partial charge is 0.327 e. The van der Waals surface area contributed by atoms with Crippen molar-refractivity contribution >= 4 is 40.4 Å². The van der Waals surface area contributed by atoms with Gasteiger partial charge in [0.15, 0.2) is 11.8 Å². The highest BCUT2D eigenvalue weighted by Gasteiger charge is 2.77. The number of fused-ring (bicyclic) bond motifs is 4. The Morgan fingerprint density at radius 1 is 1.09 bits per heavy atom. The highest BCUT2D eigenvalue weighted by molar-refractivity contribution is 14.1. The number of halogens is 1. The molecule has 12 heteroatoms. The summed E-state index contributed by atoms with van der Waals surface area (Å²) >= 11 is 2.26. The van der Waals surface area contributed by atoms with Gasteiger partial charge in [-0.05, 0) is 66.0 Å². The van der Waals surface area contributed by atoms with Gasteiger partial charge in [-0.15, -0.1) is 0 Å². The van der Waals surface area contributed by atoms with E-state index in [4.69, 9.17) is 19.0 Å². The van der Waals surface area contributed by atoms with Crippen LogP contribution in [0.15, 0.2) is 24.3 Å². The zero-order chi connectivity index (χ0) is 32.5. The summed E-state index contributed by atoms with van der Waals surface area (Å²) in [6, 6.07) is 6.28. The van der Waals surface area contributed by atoms with Gasteiger partial charge in [0.05, 0.1) is 13.2 Å². The predicted octanol–water partition coefficient (Wildman–Crippen LogP) is 3.83. The van der Waals surface area contributed by atoms with Crippen LogP contribution in [0.5, 0.6) is 0 Å². The number of esters is 1. The summed E-state index contributed by atoms with van der Waals surface area (Å²) in [7, 11) is 0. The number of amides is 2. The van der Waals surface area contributed by atoms with Crippen molar-refractivity contribution in [2.24, 2.45) is 5.41 Å². The van der Waals surface area contributed by atoms with Gasteiger partial charge in [0.2, 0.25) is 11.8 Å². The van der Waals surface area contributed by atoms with Crippen molar-refractivity contribution in [2.75, 3.05) is 19.7 Å². The van der Waals surface area contributed by atoms with E-state index in [9.17, 15) is 14.7 Å². The highest BCUT2D eigenvalue weighted by atomic mass is 127. The van der Waals surface area contributed by atoms with Crippen molar-refractivity contribution in [3.63, 3.8) is 0 Å². The first-order valence-electron chi connectivity index (χ1n) is 17.2. The number of aliphatic hydroxyl groups excluding tert-OH is 1. The average Bonchev–Trinajstić information content (AvgIpc) is 3.76. The Hall–Kier alpha value is -1.84. The van der Waals surface area contributed by atoms with Crippen LogP contribution in [0.4, 0.5) is 0 Å². The van der Waals surface area contributed by atoms with Gasteiger partial charge >= 0.3 is 5.97 Å². The second-order valence-corrected chi connectivity index (χ2v) is 14.8. The van der Waals surface area contributed by atoms with Crippen LogP contribution < -0.4 is 5.32 Å². The molecule has 5 aliphatic rings. The molecule has 4 aliphatic heterocycles. The maximum atomic E-state index is 15.0. The van der Waals surface area contributed by atoms with Gasteiger partial charge in [-0.2, -0.15) is 5.06 Å². The van der Waals surface area contributed by atoms with Crippen molar-refractivity contribution in [1.82, 2.24) is 15.3 Å². The lowest BCUT2D eigenvalue weighted by Crippen LogP contribution is -2.70. The van der Waals surface area contributed by atoms with Crippen LogP contribution in [-0.4, -0.2) is 94.8 Å². The molecule has 0 radical (unpaired) electrons. The number of carbonyl (C=O) groups excluding carboxylic acids is 3. The maximum absolute atomic E-state index is 15.0. The minimum Gasteiger partial charge on any atom is -0.458 e. The van der Waals surface area contributed by atoms with E-state index >= 15 is 4.79 Å². The lowest BCUT2D eigenvalue weighted by Gasteiger charge is -2.50. The molecule has 6 rings (SSSR count). The van der Waals surface area contributed by atoms with Gasteiger partial charge in [-0.1, -0.05) is 51.7 Å². The van der Waals surface area contributed by atoms with Gasteiger partial charge in [0.1, 0.15) is 35.9 Å². The molecule has 1 saturated carbocycles. The Kier molecular flexibility index (Phi) is 10.6. The Bertz CT molecular complexity index is 1270. The van der Waals surface area contributed by atoms with Crippen LogP contribution in [0.3, 0.4) is 0 Å². The number of likely N-dealkylation sites (tertiary alicyclic amines) is 1. The van der Waals surface area contributed by atoms with Crippen LogP contribution in [0.1, 0.15) is 90.0 Å². The predicted molar refractivity (Wildman–Crippen MR) is 176 cm³/mol. The molecule has 0 aromatic heterocycles. The van der Waals surface area contributed by atoms with Gasteiger partial charge in [0, 0.05) is 35.9 Å². The van der Waals surface area contributed by atoms with Crippen molar-refractivity contribution in [3.8, 4) is 0 Å². The minimum absolute atomic E-state index is 0.113. The fraction of sp³-hybridized carbons (Fsp3) is 0.735. The molecule has 4 saturated heterocycles. The maximum Gasteiger partial charge on any atom is 0.327 e. The third kappa shape index (κ3) is 6.22. The van der Waals surface area contributed by atoms with E-state index < -0.39 is 53.7 Å². The molecule has 2 N–H and O–H groups in total. The normalized spacial score (nSPS) is 32.8. The van der Waals surface area contributed by atoms with E-state index in [-0.39, 0.29) is 37.9 Å². The fourth-order valence-electron chi connectivity index (χ4n) is 8.34. The summed E-state index contributed by atoms with van der Waals surface area (Å²) in [4.78, 5) is 50.7. The van der Waals surface area contributed by atoms with Crippen LogP contribution in [0, 0.1) is 8.99 Å². The van der Waals surface area contributed by atoms with E-state index in [1.165, 1.54) is 0 Å². The van der Waals surface area contributed by atoms with Gasteiger partial charge in [-0.3, -0.25) is 19.2 Å². The summed E-state index contributed by atoms with van der Waals surface area (Å²) in [5.74, 6) is -1.91.